The van der Waals surface area contributed by atoms with Crippen LogP contribution < -0.4 is 10.6 Å². The van der Waals surface area contributed by atoms with Gasteiger partial charge in [0.05, 0.1) is 23.9 Å². The summed E-state index contributed by atoms with van der Waals surface area (Å²) in [6.45, 7) is -5.79. The van der Waals surface area contributed by atoms with Crippen molar-refractivity contribution >= 4 is 11.7 Å². The van der Waals surface area contributed by atoms with Gasteiger partial charge >= 0.3 is 0 Å². The van der Waals surface area contributed by atoms with Crippen molar-refractivity contribution in [2.75, 3.05) is 11.9 Å². The van der Waals surface area contributed by atoms with Crippen LogP contribution in [0.25, 0.3) is 22.3 Å². The van der Waals surface area contributed by atoms with Gasteiger partial charge in [-0.25, -0.2) is 9.37 Å². The maximum atomic E-state index is 14.7. The number of hydrogen-bond acceptors (Lipinski definition) is 5. The Labute approximate surface area is 195 Å². The molecule has 7 nitrogen and oxygen atoms in total. The second-order valence-corrected chi connectivity index (χ2v) is 8.11. The number of hydrogen-bond donors (Lipinski definition) is 3. The van der Waals surface area contributed by atoms with Crippen molar-refractivity contribution in [1.82, 2.24) is 20.1 Å². The predicted octanol–water partition coefficient (Wildman–Crippen LogP) is 3.67. The van der Waals surface area contributed by atoms with E-state index in [4.69, 9.17) is 8.22 Å². The van der Waals surface area contributed by atoms with E-state index >= 15 is 0 Å². The van der Waals surface area contributed by atoms with Gasteiger partial charge in [0.25, 0.3) is 5.91 Å². The zero-order valence-electron chi connectivity index (χ0n) is 23.7. The molecule has 2 aromatic heterocycles. The highest BCUT2D eigenvalue weighted by Crippen LogP contribution is 2.34. The molecule has 2 heterocycles. The molecule has 0 bridgehead atoms. The number of benzene rings is 1. The first-order chi connectivity index (χ1) is 17.7. The largest absolute Gasteiger partial charge is 0.394 e. The molecule has 0 saturated heterocycles. The van der Waals surface area contributed by atoms with Crippen LogP contribution in [0, 0.1) is 12.7 Å². The Morgan fingerprint density at radius 3 is 2.69 bits per heavy atom. The van der Waals surface area contributed by atoms with Crippen molar-refractivity contribution in [2.45, 2.75) is 45.0 Å². The van der Waals surface area contributed by atoms with E-state index in [1.54, 1.807) is 26.2 Å². The van der Waals surface area contributed by atoms with Crippen LogP contribution in [-0.4, -0.2) is 44.0 Å². The monoisotopic (exact) mass is 443 g/mol. The number of aryl methyl sites for hydroxylation is 2. The van der Waals surface area contributed by atoms with Crippen molar-refractivity contribution in [3.05, 3.63) is 53.7 Å². The number of pyridine rings is 1. The Kier molecular flexibility index (Phi) is 4.05. The molecule has 1 aliphatic rings. The second-order valence-electron chi connectivity index (χ2n) is 8.11. The third-order valence-corrected chi connectivity index (χ3v) is 5.25. The van der Waals surface area contributed by atoms with Gasteiger partial charge in [-0.1, -0.05) is 0 Å². The molecule has 1 aromatic carbocycles. The zero-order chi connectivity index (χ0) is 28.0. The number of nitrogens with zero attached hydrogens (tertiary/aromatic N) is 3. The van der Waals surface area contributed by atoms with Crippen LogP contribution in [0.15, 0.2) is 36.8 Å². The number of amides is 1. The molecular weight excluding hydrogens is 409 g/mol. The molecule has 8 heteroatoms. The Morgan fingerprint density at radius 1 is 1.28 bits per heavy atom. The fourth-order valence-electron chi connectivity index (χ4n) is 3.38. The van der Waals surface area contributed by atoms with Gasteiger partial charge < -0.3 is 15.7 Å². The summed E-state index contributed by atoms with van der Waals surface area (Å²) >= 11 is 0. The van der Waals surface area contributed by atoms with Gasteiger partial charge in [0, 0.05) is 50.4 Å². The highest BCUT2D eigenvalue weighted by atomic mass is 19.1. The molecule has 0 spiro atoms. The van der Waals surface area contributed by atoms with Crippen LogP contribution in [0.2, 0.25) is 0 Å². The molecule has 4 rings (SSSR count). The van der Waals surface area contributed by atoms with Crippen LogP contribution in [0.3, 0.4) is 0 Å². The van der Waals surface area contributed by atoms with E-state index in [9.17, 15) is 14.3 Å². The lowest BCUT2D eigenvalue weighted by atomic mass is 9.96. The van der Waals surface area contributed by atoms with Gasteiger partial charge in [0.15, 0.2) is 0 Å². The molecule has 1 saturated carbocycles. The van der Waals surface area contributed by atoms with E-state index in [1.807, 2.05) is 0 Å². The molecular formula is C24H28FN5O2. The number of rotatable bonds is 7. The minimum atomic E-state index is -3.13. The topological polar surface area (TPSA) is 92.1 Å². The van der Waals surface area contributed by atoms with Crippen LogP contribution in [0.5, 0.6) is 0 Å². The number of aliphatic hydroxyl groups is 1. The number of nitrogens with one attached hydrogen (secondary N) is 2. The first kappa shape index (κ1) is 15.5. The van der Waals surface area contributed by atoms with Gasteiger partial charge in [-0.3, -0.25) is 9.48 Å². The van der Waals surface area contributed by atoms with Crippen molar-refractivity contribution < 1.29 is 22.5 Å². The minimum absolute atomic E-state index is 0.0408. The van der Waals surface area contributed by atoms with E-state index in [2.05, 4.69) is 20.7 Å². The molecule has 0 radical (unpaired) electrons. The third kappa shape index (κ3) is 4.65. The number of aromatic nitrogens is 3. The quantitative estimate of drug-likeness (QED) is 0.518. The summed E-state index contributed by atoms with van der Waals surface area (Å²) in [7, 11) is 1.67. The van der Waals surface area contributed by atoms with Gasteiger partial charge in [-0.2, -0.15) is 5.10 Å². The third-order valence-electron chi connectivity index (χ3n) is 5.25. The summed E-state index contributed by atoms with van der Waals surface area (Å²) < 4.78 is 63.6. The Hall–Kier alpha value is -3.26. The van der Waals surface area contributed by atoms with Gasteiger partial charge in [-0.15, -0.1) is 0 Å². The summed E-state index contributed by atoms with van der Waals surface area (Å²) in [6, 6.07) is 4.35. The van der Waals surface area contributed by atoms with Crippen molar-refractivity contribution in [3.63, 3.8) is 0 Å². The highest BCUT2D eigenvalue weighted by molar-refractivity contribution is 5.96. The summed E-state index contributed by atoms with van der Waals surface area (Å²) in [5.41, 5.74) is -0.521. The van der Waals surface area contributed by atoms with Crippen LogP contribution in [-0.2, 0) is 7.05 Å². The second kappa shape index (κ2) is 8.35. The van der Waals surface area contributed by atoms with E-state index < -0.39 is 37.6 Å². The fourth-order valence-corrected chi connectivity index (χ4v) is 3.38. The Bertz CT molecular complexity index is 1350. The van der Waals surface area contributed by atoms with E-state index in [0.29, 0.717) is 27.8 Å². The maximum absolute atomic E-state index is 14.7. The molecule has 1 amide bonds. The molecule has 3 aromatic rings. The summed E-state index contributed by atoms with van der Waals surface area (Å²) in [5.74, 6) is -1.28. The van der Waals surface area contributed by atoms with Gasteiger partial charge in [0.2, 0.25) is 0 Å². The molecule has 1 aliphatic carbocycles. The Balaban J connectivity index is 1.86. The number of halogens is 1. The smallest absolute Gasteiger partial charge is 0.254 e. The van der Waals surface area contributed by atoms with Crippen molar-refractivity contribution in [1.29, 1.82) is 0 Å². The average Bonchev–Trinajstić information content (AvgIpc) is 3.52. The lowest BCUT2D eigenvalue weighted by Gasteiger charge is -2.26. The molecule has 0 unspecified atom stereocenters. The molecule has 0 aliphatic heterocycles. The summed E-state index contributed by atoms with van der Waals surface area (Å²) in [6.07, 6.45) is 6.18. The number of aliphatic hydroxyl groups excluding tert-OH is 1. The number of carbonyl (C=O) groups excluding carboxylic acids is 1. The minimum Gasteiger partial charge on any atom is -0.394 e. The summed E-state index contributed by atoms with van der Waals surface area (Å²) in [4.78, 5) is 17.0. The Morgan fingerprint density at radius 2 is 2.06 bits per heavy atom. The maximum Gasteiger partial charge on any atom is 0.254 e. The number of carbonyl (C=O) groups is 1. The molecule has 1 fully saturated rings. The van der Waals surface area contributed by atoms with E-state index in [1.165, 1.54) is 29.2 Å². The average molecular weight is 444 g/mol. The fraction of sp³-hybridized carbons (Fsp3) is 0.375. The normalized spacial score (nSPS) is 17.4. The van der Waals surface area contributed by atoms with Crippen molar-refractivity contribution in [3.8, 4) is 22.3 Å². The zero-order valence-corrected chi connectivity index (χ0v) is 17.7. The first-order valence-electron chi connectivity index (χ1n) is 13.2. The predicted molar refractivity (Wildman–Crippen MR) is 122 cm³/mol. The van der Waals surface area contributed by atoms with Crippen LogP contribution in [0.1, 0.15) is 50.7 Å². The van der Waals surface area contributed by atoms with Gasteiger partial charge in [0.1, 0.15) is 11.6 Å². The molecule has 32 heavy (non-hydrogen) atoms. The van der Waals surface area contributed by atoms with Crippen LogP contribution in [0.4, 0.5) is 10.2 Å². The number of anilines is 1. The SMILES string of the molecule is [2H]C([2H])([2H])C(CO)(Nc1ncc(-c2cc(C(=O)NC3CC3)c(F)cc2C)cc1-c1cnn(C)c1)C([2H])([2H])[2H]. The standard InChI is InChI=1S/C24H28FN5O2/c1-14-7-21(25)20(23(32)28-17-5-6-17)9-18(14)15-8-19(16-11-27-30(4)12-16)22(26-10-15)29-24(2,3)13-31/h7-12,17,31H,5-6,13H2,1-4H3,(H,26,29)(H,28,32)/i2D3,3D3. The molecule has 3 N–H and O–H groups in total. The van der Waals surface area contributed by atoms with Crippen LogP contribution >= 0.6 is 0 Å². The molecule has 0 atom stereocenters. The lowest BCUT2D eigenvalue weighted by Crippen LogP contribution is -2.35. The highest BCUT2D eigenvalue weighted by Gasteiger charge is 2.26. The van der Waals surface area contributed by atoms with Crippen molar-refractivity contribution in [2.24, 2.45) is 7.05 Å². The summed E-state index contributed by atoms with van der Waals surface area (Å²) in [5, 5.41) is 19.4. The van der Waals surface area contributed by atoms with Gasteiger partial charge in [-0.05, 0) is 62.8 Å². The van der Waals surface area contributed by atoms with E-state index in [-0.39, 0.29) is 17.4 Å². The molecule has 168 valence electrons. The lowest BCUT2D eigenvalue weighted by molar-refractivity contribution is 0.0947. The van der Waals surface area contributed by atoms with E-state index in [0.717, 1.165) is 12.8 Å². The first-order valence-corrected chi connectivity index (χ1v) is 10.2.